The van der Waals surface area contributed by atoms with E-state index in [1.54, 1.807) is 0 Å². The fourth-order valence-corrected chi connectivity index (χ4v) is 8.06. The standard InChI is InChI=1S/C22H38O2/c1-5-22(24)13-12-21(4)17-9-11-20(3)16(6-7-18(20)23)15(17)8-10-19(21,2)14-22/h15-18,23-24H,5-14H2,1-4H3/t15-,16+,17+,18-,19-,20+,21-,22-/m0/s1. The number of rotatable bonds is 1. The Bertz CT molecular complexity index is 518. The Balaban J connectivity index is 1.65. The predicted molar refractivity (Wildman–Crippen MR) is 97.6 cm³/mol. The first-order chi connectivity index (χ1) is 11.2. The van der Waals surface area contributed by atoms with Crippen LogP contribution >= 0.6 is 0 Å². The zero-order valence-corrected chi connectivity index (χ0v) is 16.3. The SMILES string of the molecule is CC[C@]1(O)CC[C@@]2(C)[C@@H]3CC[C@]4(C)[C@H](CC[C@@H]4O)[C@@H]3CC[C@@]2(C)C1. The maximum absolute atomic E-state index is 11.0. The summed E-state index contributed by atoms with van der Waals surface area (Å²) in [6.07, 6.45) is 11.4. The molecule has 2 N–H and O–H groups in total. The van der Waals surface area contributed by atoms with Crippen LogP contribution in [-0.4, -0.2) is 21.9 Å². The summed E-state index contributed by atoms with van der Waals surface area (Å²) >= 11 is 0. The molecular formula is C22H38O2. The van der Waals surface area contributed by atoms with Gasteiger partial charge >= 0.3 is 0 Å². The molecule has 0 heterocycles. The highest BCUT2D eigenvalue weighted by atomic mass is 16.3. The van der Waals surface area contributed by atoms with E-state index in [-0.39, 0.29) is 11.5 Å². The van der Waals surface area contributed by atoms with E-state index in [1.165, 1.54) is 38.5 Å². The molecule has 0 radical (unpaired) electrons. The fraction of sp³-hybridized carbons (Fsp3) is 1.00. The van der Waals surface area contributed by atoms with Crippen molar-refractivity contribution in [2.45, 2.75) is 104 Å². The van der Waals surface area contributed by atoms with Gasteiger partial charge in [0.05, 0.1) is 11.7 Å². The van der Waals surface area contributed by atoms with E-state index in [0.717, 1.165) is 43.4 Å². The van der Waals surface area contributed by atoms with Crippen LogP contribution in [0.1, 0.15) is 91.9 Å². The Morgan fingerprint density at radius 3 is 2.33 bits per heavy atom. The summed E-state index contributed by atoms with van der Waals surface area (Å²) < 4.78 is 0. The van der Waals surface area contributed by atoms with E-state index in [9.17, 15) is 10.2 Å². The quantitative estimate of drug-likeness (QED) is 0.714. The Morgan fingerprint density at radius 2 is 1.62 bits per heavy atom. The molecule has 0 saturated heterocycles. The van der Waals surface area contributed by atoms with Crippen molar-refractivity contribution in [3.8, 4) is 0 Å². The maximum atomic E-state index is 11.0. The zero-order chi connectivity index (χ0) is 17.4. The Kier molecular flexibility index (Phi) is 3.77. The van der Waals surface area contributed by atoms with Crippen molar-refractivity contribution in [3.63, 3.8) is 0 Å². The van der Waals surface area contributed by atoms with Crippen LogP contribution in [0.25, 0.3) is 0 Å². The minimum Gasteiger partial charge on any atom is -0.393 e. The van der Waals surface area contributed by atoms with Gasteiger partial charge in [-0.05, 0) is 98.2 Å². The molecule has 4 saturated carbocycles. The van der Waals surface area contributed by atoms with Gasteiger partial charge in [-0.15, -0.1) is 0 Å². The van der Waals surface area contributed by atoms with Gasteiger partial charge in [-0.2, -0.15) is 0 Å². The lowest BCUT2D eigenvalue weighted by Crippen LogP contribution is -2.60. The van der Waals surface area contributed by atoms with Crippen molar-refractivity contribution in [2.75, 3.05) is 0 Å². The van der Waals surface area contributed by atoms with Crippen LogP contribution in [0.15, 0.2) is 0 Å². The summed E-state index contributed by atoms with van der Waals surface area (Å²) in [5, 5.41) is 21.6. The fourth-order valence-electron chi connectivity index (χ4n) is 8.06. The predicted octanol–water partition coefficient (Wildman–Crippen LogP) is 4.92. The van der Waals surface area contributed by atoms with Crippen LogP contribution in [0.2, 0.25) is 0 Å². The van der Waals surface area contributed by atoms with Crippen LogP contribution in [0.5, 0.6) is 0 Å². The van der Waals surface area contributed by atoms with Crippen LogP contribution in [0.4, 0.5) is 0 Å². The molecule has 138 valence electrons. The second-order valence-electron chi connectivity index (χ2n) is 10.8. The van der Waals surface area contributed by atoms with Crippen LogP contribution in [0.3, 0.4) is 0 Å². The van der Waals surface area contributed by atoms with Gasteiger partial charge in [0.15, 0.2) is 0 Å². The molecule has 0 amide bonds. The van der Waals surface area contributed by atoms with Crippen LogP contribution < -0.4 is 0 Å². The number of aliphatic hydroxyl groups is 2. The second kappa shape index (κ2) is 5.22. The molecular weight excluding hydrogens is 296 g/mol. The lowest BCUT2D eigenvalue weighted by molar-refractivity contribution is -0.195. The minimum absolute atomic E-state index is 0.0684. The molecule has 2 heteroatoms. The van der Waals surface area contributed by atoms with Crippen molar-refractivity contribution in [2.24, 2.45) is 34.0 Å². The summed E-state index contributed by atoms with van der Waals surface area (Å²) in [6, 6.07) is 0. The van der Waals surface area contributed by atoms with Gasteiger partial charge in [0, 0.05) is 0 Å². The molecule has 24 heavy (non-hydrogen) atoms. The number of aliphatic hydroxyl groups excluding tert-OH is 1. The van der Waals surface area contributed by atoms with E-state index in [0.29, 0.717) is 10.8 Å². The van der Waals surface area contributed by atoms with Crippen molar-refractivity contribution in [1.29, 1.82) is 0 Å². The van der Waals surface area contributed by atoms with Gasteiger partial charge in [-0.3, -0.25) is 0 Å². The van der Waals surface area contributed by atoms with E-state index < -0.39 is 5.60 Å². The van der Waals surface area contributed by atoms with Crippen LogP contribution in [0, 0.1) is 34.0 Å². The Labute approximate surface area is 148 Å². The molecule has 4 rings (SSSR count). The van der Waals surface area contributed by atoms with Crippen LogP contribution in [-0.2, 0) is 0 Å². The van der Waals surface area contributed by atoms with Gasteiger partial charge in [0.1, 0.15) is 0 Å². The molecule has 0 aromatic carbocycles. The molecule has 4 aliphatic carbocycles. The molecule has 0 aliphatic heterocycles. The molecule has 4 aliphatic rings. The van der Waals surface area contributed by atoms with E-state index in [1.807, 2.05) is 0 Å². The number of fused-ring (bicyclic) bond motifs is 5. The first kappa shape index (κ1) is 17.3. The topological polar surface area (TPSA) is 40.5 Å². The van der Waals surface area contributed by atoms with Gasteiger partial charge in [-0.1, -0.05) is 27.7 Å². The Hall–Kier alpha value is -0.0800. The van der Waals surface area contributed by atoms with Crippen molar-refractivity contribution >= 4 is 0 Å². The lowest BCUT2D eigenvalue weighted by Gasteiger charge is -2.66. The highest BCUT2D eigenvalue weighted by Gasteiger charge is 2.64. The summed E-state index contributed by atoms with van der Waals surface area (Å²) in [7, 11) is 0. The molecule has 0 unspecified atom stereocenters. The largest absolute Gasteiger partial charge is 0.393 e. The smallest absolute Gasteiger partial charge is 0.0650 e. The summed E-state index contributed by atoms with van der Waals surface area (Å²) in [6.45, 7) is 9.58. The third-order valence-corrected chi connectivity index (χ3v) is 10.1. The summed E-state index contributed by atoms with van der Waals surface area (Å²) in [4.78, 5) is 0. The Morgan fingerprint density at radius 1 is 0.875 bits per heavy atom. The second-order valence-corrected chi connectivity index (χ2v) is 10.8. The average molecular weight is 335 g/mol. The van der Waals surface area contributed by atoms with Crippen molar-refractivity contribution < 1.29 is 10.2 Å². The van der Waals surface area contributed by atoms with Crippen molar-refractivity contribution in [3.05, 3.63) is 0 Å². The molecule has 0 aromatic rings. The zero-order valence-electron chi connectivity index (χ0n) is 16.3. The van der Waals surface area contributed by atoms with E-state index >= 15 is 0 Å². The first-order valence-corrected chi connectivity index (χ1v) is 10.6. The van der Waals surface area contributed by atoms with E-state index in [4.69, 9.17) is 0 Å². The average Bonchev–Trinajstić information content (AvgIpc) is 2.84. The van der Waals surface area contributed by atoms with Gasteiger partial charge in [-0.25, -0.2) is 0 Å². The van der Waals surface area contributed by atoms with Crippen molar-refractivity contribution in [1.82, 2.24) is 0 Å². The molecule has 0 spiro atoms. The molecule has 2 nitrogen and oxygen atoms in total. The monoisotopic (exact) mass is 334 g/mol. The lowest BCUT2D eigenvalue weighted by atomic mass is 9.39. The van der Waals surface area contributed by atoms with Gasteiger partial charge in [0.25, 0.3) is 0 Å². The number of hydrogen-bond acceptors (Lipinski definition) is 2. The van der Waals surface area contributed by atoms with E-state index in [2.05, 4.69) is 27.7 Å². The molecule has 0 bridgehead atoms. The van der Waals surface area contributed by atoms with Gasteiger partial charge < -0.3 is 10.2 Å². The first-order valence-electron chi connectivity index (χ1n) is 10.6. The highest BCUT2D eigenvalue weighted by molar-refractivity contribution is 5.14. The summed E-state index contributed by atoms with van der Waals surface area (Å²) in [5.74, 6) is 2.35. The minimum atomic E-state index is -0.423. The third-order valence-electron chi connectivity index (χ3n) is 10.1. The molecule has 8 atom stereocenters. The molecule has 4 fully saturated rings. The third kappa shape index (κ3) is 2.08. The number of hydrogen-bond donors (Lipinski definition) is 2. The van der Waals surface area contributed by atoms with Gasteiger partial charge in [0.2, 0.25) is 0 Å². The normalized spacial score (nSPS) is 60.2. The summed E-state index contributed by atoms with van der Waals surface area (Å²) in [5.41, 5.74) is 0.437. The highest BCUT2D eigenvalue weighted by Crippen LogP contribution is 2.70. The molecule has 0 aromatic heterocycles. The maximum Gasteiger partial charge on any atom is 0.0650 e.